The zero-order valence-electron chi connectivity index (χ0n) is 13.8. The van der Waals surface area contributed by atoms with Crippen LogP contribution in [-0.4, -0.2) is 28.8 Å². The lowest BCUT2D eigenvalue weighted by atomic mass is 9.94. The van der Waals surface area contributed by atoms with Crippen LogP contribution in [0.15, 0.2) is 36.9 Å². The molecule has 0 spiro atoms. The van der Waals surface area contributed by atoms with E-state index in [1.807, 2.05) is 0 Å². The van der Waals surface area contributed by atoms with Gasteiger partial charge in [-0.3, -0.25) is 4.79 Å². The summed E-state index contributed by atoms with van der Waals surface area (Å²) in [7, 11) is 0. The molecule has 0 bridgehead atoms. The Labute approximate surface area is 154 Å². The van der Waals surface area contributed by atoms with E-state index < -0.39 is 28.9 Å². The van der Waals surface area contributed by atoms with Crippen LogP contribution in [0.1, 0.15) is 30.9 Å². The standard InChI is InChI=1S/C17H19F3O3S2/c1-4-13(11-7-9-12(10-8-11)17(18,19)20)14(15(21)22-5-2)25-16(24)23-6-3/h4,7-10,13-14H,1,5-6H2,2-3H3. The molecule has 0 radical (unpaired) electrons. The van der Waals surface area contributed by atoms with Gasteiger partial charge in [0.2, 0.25) is 4.38 Å². The highest BCUT2D eigenvalue weighted by molar-refractivity contribution is 8.23. The lowest BCUT2D eigenvalue weighted by Crippen LogP contribution is -2.28. The molecule has 0 aliphatic carbocycles. The molecule has 0 aliphatic rings. The van der Waals surface area contributed by atoms with Crippen LogP contribution in [0.4, 0.5) is 13.2 Å². The summed E-state index contributed by atoms with van der Waals surface area (Å²) in [5.41, 5.74) is -0.253. The van der Waals surface area contributed by atoms with Gasteiger partial charge in [-0.15, -0.1) is 6.58 Å². The first kappa shape index (κ1) is 21.5. The molecule has 25 heavy (non-hydrogen) atoms. The average Bonchev–Trinajstić information content (AvgIpc) is 2.54. The third kappa shape index (κ3) is 6.36. The van der Waals surface area contributed by atoms with Gasteiger partial charge in [-0.05, 0) is 43.8 Å². The van der Waals surface area contributed by atoms with Gasteiger partial charge in [-0.1, -0.05) is 30.0 Å². The molecule has 0 fully saturated rings. The smallest absolute Gasteiger partial charge is 0.416 e. The Kier molecular flexibility index (Phi) is 8.44. The summed E-state index contributed by atoms with van der Waals surface area (Å²) in [5.74, 6) is -1.11. The summed E-state index contributed by atoms with van der Waals surface area (Å²) < 4.78 is 48.6. The number of alkyl halides is 3. The summed E-state index contributed by atoms with van der Waals surface area (Å²) >= 11 is 6.07. The van der Waals surface area contributed by atoms with Gasteiger partial charge in [-0.2, -0.15) is 13.2 Å². The number of thioether (sulfide) groups is 1. The van der Waals surface area contributed by atoms with Gasteiger partial charge in [-0.25, -0.2) is 0 Å². The van der Waals surface area contributed by atoms with E-state index in [9.17, 15) is 18.0 Å². The van der Waals surface area contributed by atoms with Crippen molar-refractivity contribution in [2.45, 2.75) is 31.2 Å². The van der Waals surface area contributed by atoms with Crippen LogP contribution in [0, 0.1) is 0 Å². The van der Waals surface area contributed by atoms with Crippen molar-refractivity contribution < 1.29 is 27.4 Å². The van der Waals surface area contributed by atoms with Gasteiger partial charge in [0.05, 0.1) is 18.8 Å². The predicted molar refractivity (Wildman–Crippen MR) is 96.6 cm³/mol. The average molecular weight is 392 g/mol. The Morgan fingerprint density at radius 2 is 1.80 bits per heavy atom. The Morgan fingerprint density at radius 1 is 1.24 bits per heavy atom. The van der Waals surface area contributed by atoms with Crippen LogP contribution in [-0.2, 0) is 20.4 Å². The van der Waals surface area contributed by atoms with E-state index in [0.717, 1.165) is 23.9 Å². The number of carbonyl (C=O) groups excluding carboxylic acids is 1. The minimum atomic E-state index is -4.42. The maximum atomic E-state index is 12.7. The van der Waals surface area contributed by atoms with Crippen molar-refractivity contribution in [1.29, 1.82) is 0 Å². The number of esters is 1. The summed E-state index contributed by atoms with van der Waals surface area (Å²) in [6.45, 7) is 7.65. The highest BCUT2D eigenvalue weighted by atomic mass is 32.2. The second-order valence-corrected chi connectivity index (χ2v) is 6.60. The monoisotopic (exact) mass is 392 g/mol. The first-order valence-corrected chi connectivity index (χ1v) is 8.83. The van der Waals surface area contributed by atoms with E-state index in [-0.39, 0.29) is 11.0 Å². The molecule has 0 saturated carbocycles. The van der Waals surface area contributed by atoms with Crippen molar-refractivity contribution in [2.75, 3.05) is 13.2 Å². The number of thiocarbonyl (C=S) groups is 1. The third-order valence-corrected chi connectivity index (χ3v) is 4.66. The first-order valence-electron chi connectivity index (χ1n) is 7.54. The number of rotatable bonds is 7. The number of halogens is 3. The number of allylic oxidation sites excluding steroid dienone is 1. The second kappa shape index (κ2) is 9.82. The minimum Gasteiger partial charge on any atom is -0.479 e. The molecule has 2 unspecified atom stereocenters. The molecule has 0 heterocycles. The minimum absolute atomic E-state index is 0.166. The third-order valence-electron chi connectivity index (χ3n) is 3.21. The Morgan fingerprint density at radius 3 is 2.24 bits per heavy atom. The summed E-state index contributed by atoms with van der Waals surface area (Å²) in [6, 6.07) is 4.59. The van der Waals surface area contributed by atoms with Crippen LogP contribution >= 0.6 is 24.0 Å². The molecule has 0 saturated heterocycles. The van der Waals surface area contributed by atoms with Crippen molar-refractivity contribution in [1.82, 2.24) is 0 Å². The predicted octanol–water partition coefficient (Wildman–Crippen LogP) is 4.96. The molecule has 0 aromatic heterocycles. The van der Waals surface area contributed by atoms with Crippen LogP contribution in [0.2, 0.25) is 0 Å². The fraction of sp³-hybridized carbons (Fsp3) is 0.412. The zero-order chi connectivity index (χ0) is 19.0. The molecule has 138 valence electrons. The molecule has 2 atom stereocenters. The highest BCUT2D eigenvalue weighted by Crippen LogP contribution is 2.35. The van der Waals surface area contributed by atoms with Crippen molar-refractivity contribution >= 4 is 34.3 Å². The van der Waals surface area contributed by atoms with Crippen molar-refractivity contribution in [3.8, 4) is 0 Å². The molecule has 1 aromatic carbocycles. The van der Waals surface area contributed by atoms with E-state index in [2.05, 4.69) is 6.58 Å². The summed E-state index contributed by atoms with van der Waals surface area (Å²) in [4.78, 5) is 12.3. The van der Waals surface area contributed by atoms with E-state index in [1.54, 1.807) is 13.8 Å². The van der Waals surface area contributed by atoms with E-state index in [1.165, 1.54) is 18.2 Å². The number of hydrogen-bond acceptors (Lipinski definition) is 5. The van der Waals surface area contributed by atoms with Gasteiger partial charge in [0, 0.05) is 5.92 Å². The fourth-order valence-corrected chi connectivity index (χ4v) is 3.48. The number of hydrogen-bond donors (Lipinski definition) is 0. The Hall–Kier alpha value is -1.54. The maximum Gasteiger partial charge on any atom is 0.416 e. The molecule has 0 N–H and O–H groups in total. The van der Waals surface area contributed by atoms with Crippen LogP contribution in [0.5, 0.6) is 0 Å². The van der Waals surface area contributed by atoms with Gasteiger partial charge < -0.3 is 9.47 Å². The van der Waals surface area contributed by atoms with Crippen molar-refractivity contribution in [3.63, 3.8) is 0 Å². The summed E-state index contributed by atoms with van der Waals surface area (Å²) in [6.07, 6.45) is -2.93. The van der Waals surface area contributed by atoms with Crippen LogP contribution in [0.3, 0.4) is 0 Å². The first-order chi connectivity index (χ1) is 11.7. The molecular weight excluding hydrogens is 373 g/mol. The quantitative estimate of drug-likeness (QED) is 0.372. The molecule has 0 amide bonds. The van der Waals surface area contributed by atoms with E-state index in [0.29, 0.717) is 12.2 Å². The number of ether oxygens (including phenoxy) is 2. The van der Waals surface area contributed by atoms with E-state index >= 15 is 0 Å². The fourth-order valence-electron chi connectivity index (χ4n) is 2.08. The lowest BCUT2D eigenvalue weighted by molar-refractivity contribution is -0.142. The molecule has 1 rings (SSSR count). The Bertz CT molecular complexity index is 600. The van der Waals surface area contributed by atoms with Crippen molar-refractivity contribution in [2.24, 2.45) is 0 Å². The molecule has 1 aromatic rings. The molecule has 8 heteroatoms. The number of benzene rings is 1. The van der Waals surface area contributed by atoms with Gasteiger partial charge in [0.25, 0.3) is 0 Å². The van der Waals surface area contributed by atoms with E-state index in [4.69, 9.17) is 21.7 Å². The Balaban J connectivity index is 3.12. The van der Waals surface area contributed by atoms with Crippen LogP contribution in [0.25, 0.3) is 0 Å². The van der Waals surface area contributed by atoms with Gasteiger partial charge in [0.15, 0.2) is 0 Å². The second-order valence-electron chi connectivity index (χ2n) is 4.85. The maximum absolute atomic E-state index is 12.7. The topological polar surface area (TPSA) is 35.5 Å². The number of carbonyl (C=O) groups is 1. The SMILES string of the molecule is C=CC(c1ccc(C(F)(F)F)cc1)C(SC(=S)OCC)C(=O)OCC. The van der Waals surface area contributed by atoms with Crippen molar-refractivity contribution in [3.05, 3.63) is 48.0 Å². The van der Waals surface area contributed by atoms with Crippen LogP contribution < -0.4 is 0 Å². The largest absolute Gasteiger partial charge is 0.479 e. The normalized spacial score (nSPS) is 13.6. The lowest BCUT2D eigenvalue weighted by Gasteiger charge is -2.23. The highest BCUT2D eigenvalue weighted by Gasteiger charge is 2.33. The van der Waals surface area contributed by atoms with Gasteiger partial charge >= 0.3 is 12.1 Å². The molecule has 0 aliphatic heterocycles. The molecule has 3 nitrogen and oxygen atoms in total. The zero-order valence-corrected chi connectivity index (χ0v) is 15.5. The summed E-state index contributed by atoms with van der Waals surface area (Å²) in [5, 5.41) is -0.798. The molecular formula is C17H19F3O3S2. The van der Waals surface area contributed by atoms with Gasteiger partial charge in [0.1, 0.15) is 5.25 Å².